The van der Waals surface area contributed by atoms with E-state index < -0.39 is 0 Å². The van der Waals surface area contributed by atoms with Gasteiger partial charge in [0, 0.05) is 60.0 Å². The third kappa shape index (κ3) is 5.60. The third-order valence-electron chi connectivity index (χ3n) is 14.2. The lowest BCUT2D eigenvalue weighted by Gasteiger charge is -2.13. The Labute approximate surface area is 401 Å². The molecule has 15 aromatic rings. The zero-order valence-electron chi connectivity index (χ0n) is 37.6. The van der Waals surface area contributed by atoms with E-state index in [0.29, 0.717) is 17.7 Å². The maximum Gasteiger partial charge on any atom is 0.240 e. The van der Waals surface area contributed by atoms with E-state index in [2.05, 4.69) is 249 Å². The molecule has 0 atom stereocenters. The van der Waals surface area contributed by atoms with Crippen molar-refractivity contribution in [1.82, 2.24) is 33.2 Å². The van der Waals surface area contributed by atoms with E-state index in [1.807, 2.05) is 6.07 Å². The van der Waals surface area contributed by atoms with Gasteiger partial charge in [-0.25, -0.2) is 0 Å². The number of fused-ring (bicyclic) bond motifs is 13. The van der Waals surface area contributed by atoms with Crippen LogP contribution in [0.4, 0.5) is 0 Å². The molecule has 0 aliphatic heterocycles. The number of hydrogen-bond acceptors (Lipinski definition) is 3. The van der Waals surface area contributed by atoms with E-state index in [9.17, 15) is 0 Å². The van der Waals surface area contributed by atoms with Gasteiger partial charge in [-0.1, -0.05) is 170 Å². The normalized spacial score (nSPS) is 12.0. The van der Waals surface area contributed by atoms with Gasteiger partial charge in [-0.3, -0.25) is 9.13 Å². The maximum atomic E-state index is 5.61. The van der Waals surface area contributed by atoms with Gasteiger partial charge in [-0.2, -0.15) is 15.0 Å². The lowest BCUT2D eigenvalue weighted by Crippen LogP contribution is -2.10. The molecule has 0 saturated heterocycles. The lowest BCUT2D eigenvalue weighted by atomic mass is 10.0. The molecule has 5 aromatic heterocycles. The summed E-state index contributed by atoms with van der Waals surface area (Å²) in [5, 5.41) is 9.29. The Morgan fingerprint density at radius 3 is 1.29 bits per heavy atom. The first kappa shape index (κ1) is 38.5. The van der Waals surface area contributed by atoms with Crippen LogP contribution in [0.3, 0.4) is 0 Å². The van der Waals surface area contributed by atoms with Crippen molar-refractivity contribution in [2.75, 3.05) is 0 Å². The second-order valence-electron chi connectivity index (χ2n) is 18.0. The zero-order valence-corrected chi connectivity index (χ0v) is 37.6. The van der Waals surface area contributed by atoms with Crippen molar-refractivity contribution in [3.8, 4) is 45.8 Å². The maximum absolute atomic E-state index is 5.61. The van der Waals surface area contributed by atoms with Crippen LogP contribution in [0.5, 0.6) is 0 Å². The fourth-order valence-electron chi connectivity index (χ4n) is 11.2. The van der Waals surface area contributed by atoms with Crippen molar-refractivity contribution in [3.05, 3.63) is 237 Å². The minimum absolute atomic E-state index is 0.533. The van der Waals surface area contributed by atoms with Crippen LogP contribution in [0.25, 0.3) is 133 Å². The smallest absolute Gasteiger partial charge is 0.240 e. The van der Waals surface area contributed by atoms with Crippen molar-refractivity contribution in [3.63, 3.8) is 0 Å². The highest BCUT2D eigenvalue weighted by Gasteiger charge is 2.25. The van der Waals surface area contributed by atoms with Crippen molar-refractivity contribution in [2.24, 2.45) is 0 Å². The van der Waals surface area contributed by atoms with Gasteiger partial charge < -0.3 is 9.13 Å². The minimum atomic E-state index is 0.533. The fraction of sp³-hybridized carbons (Fsp3) is 0. The molecule has 7 nitrogen and oxygen atoms in total. The summed E-state index contributed by atoms with van der Waals surface area (Å²) in [6, 6.07) is 84.3. The summed E-state index contributed by atoms with van der Waals surface area (Å²) < 4.78 is 9.26. The standard InChI is InChI=1S/C63H39N7/c1-4-18-40(19-5-1)41-32-34-42(35-33-41)61-64-62(69-55-31-17-13-27-49(55)59-56(69)37-36-48-45-24-10-15-29-53(45)68(60(48)59)44-22-8-3-9-23-44)66-63(65-61)70-54-30-16-12-26-47(54)51-38-50-46-25-11-14-28-52(46)67(57(50)39-58(51)70)43-20-6-2-7-21-43/h1-39H. The number of para-hydroxylation sites is 6. The van der Waals surface area contributed by atoms with E-state index in [1.54, 1.807) is 0 Å². The van der Waals surface area contributed by atoms with Gasteiger partial charge in [0.15, 0.2) is 5.82 Å². The van der Waals surface area contributed by atoms with Crippen LogP contribution in [0.15, 0.2) is 237 Å². The Morgan fingerprint density at radius 2 is 0.671 bits per heavy atom. The van der Waals surface area contributed by atoms with Gasteiger partial charge in [-0.05, 0) is 77.9 Å². The molecular weight excluding hydrogens is 855 g/mol. The van der Waals surface area contributed by atoms with Crippen LogP contribution in [-0.2, 0) is 0 Å². The molecule has 0 bridgehead atoms. The number of aromatic nitrogens is 7. The summed E-state index contributed by atoms with van der Waals surface area (Å²) in [6.45, 7) is 0. The highest BCUT2D eigenvalue weighted by Crippen LogP contribution is 2.43. The average molecular weight is 894 g/mol. The quantitative estimate of drug-likeness (QED) is 0.167. The molecule has 7 heteroatoms. The van der Waals surface area contributed by atoms with Crippen LogP contribution in [0.2, 0.25) is 0 Å². The molecule has 70 heavy (non-hydrogen) atoms. The summed E-state index contributed by atoms with van der Waals surface area (Å²) in [5.41, 5.74) is 14.0. The van der Waals surface area contributed by atoms with E-state index in [0.717, 1.165) is 93.7 Å². The van der Waals surface area contributed by atoms with Crippen LogP contribution < -0.4 is 0 Å². The molecule has 0 spiro atoms. The predicted molar refractivity (Wildman–Crippen MR) is 288 cm³/mol. The summed E-state index contributed by atoms with van der Waals surface area (Å²) in [4.78, 5) is 16.5. The summed E-state index contributed by atoms with van der Waals surface area (Å²) in [5.74, 6) is 1.64. The minimum Gasteiger partial charge on any atom is -0.309 e. The van der Waals surface area contributed by atoms with Gasteiger partial charge >= 0.3 is 0 Å². The molecule has 0 radical (unpaired) electrons. The van der Waals surface area contributed by atoms with Gasteiger partial charge in [0.25, 0.3) is 0 Å². The number of hydrogen-bond donors (Lipinski definition) is 0. The first-order valence-corrected chi connectivity index (χ1v) is 23.7. The van der Waals surface area contributed by atoms with Crippen LogP contribution in [-0.4, -0.2) is 33.2 Å². The van der Waals surface area contributed by atoms with E-state index in [-0.39, 0.29) is 0 Å². The van der Waals surface area contributed by atoms with E-state index in [1.165, 1.54) is 21.5 Å². The first-order chi connectivity index (χ1) is 34.7. The Bertz CT molecular complexity index is 4530. The van der Waals surface area contributed by atoms with Crippen molar-refractivity contribution in [2.45, 2.75) is 0 Å². The largest absolute Gasteiger partial charge is 0.309 e. The molecule has 0 aliphatic rings. The number of rotatable bonds is 6. The molecular formula is C63H39N7. The van der Waals surface area contributed by atoms with Crippen LogP contribution in [0.1, 0.15) is 0 Å². The second kappa shape index (κ2) is 15.0. The zero-order chi connectivity index (χ0) is 45.9. The van der Waals surface area contributed by atoms with Gasteiger partial charge in [-0.15, -0.1) is 0 Å². The molecule has 0 amide bonds. The Hall–Kier alpha value is -9.59. The molecule has 0 aliphatic carbocycles. The monoisotopic (exact) mass is 893 g/mol. The molecule has 0 saturated carbocycles. The van der Waals surface area contributed by atoms with Crippen LogP contribution >= 0.6 is 0 Å². The highest BCUT2D eigenvalue weighted by molar-refractivity contribution is 6.26. The number of nitrogens with zero attached hydrogens (tertiary/aromatic N) is 7. The molecule has 0 unspecified atom stereocenters. The average Bonchev–Trinajstić information content (AvgIpc) is 4.16. The van der Waals surface area contributed by atoms with Gasteiger partial charge in [0.2, 0.25) is 11.9 Å². The first-order valence-electron chi connectivity index (χ1n) is 23.7. The third-order valence-corrected chi connectivity index (χ3v) is 14.2. The van der Waals surface area contributed by atoms with Crippen molar-refractivity contribution in [1.29, 1.82) is 0 Å². The molecule has 326 valence electrons. The highest BCUT2D eigenvalue weighted by atomic mass is 15.3. The SMILES string of the molecule is c1ccc(-c2ccc(-c3nc(-n4c5ccccc5c5cc6c7ccccc7n(-c7ccccc7)c6cc54)nc(-n4c5ccccc5c5c4ccc4c6ccccc6n(-c6ccccc6)c45)n3)cc2)cc1. The molecule has 0 N–H and O–H groups in total. The summed E-state index contributed by atoms with van der Waals surface area (Å²) >= 11 is 0. The fourth-order valence-corrected chi connectivity index (χ4v) is 11.2. The molecule has 0 fully saturated rings. The molecule has 5 heterocycles. The van der Waals surface area contributed by atoms with Crippen molar-refractivity contribution >= 4 is 87.2 Å². The Kier molecular flexibility index (Phi) is 8.23. The predicted octanol–water partition coefficient (Wildman–Crippen LogP) is 15.6. The topological polar surface area (TPSA) is 58.4 Å². The summed E-state index contributed by atoms with van der Waals surface area (Å²) in [6.07, 6.45) is 0. The van der Waals surface area contributed by atoms with E-state index in [4.69, 9.17) is 15.0 Å². The van der Waals surface area contributed by atoms with Crippen LogP contribution in [0, 0.1) is 0 Å². The van der Waals surface area contributed by atoms with E-state index >= 15 is 0 Å². The summed E-state index contributed by atoms with van der Waals surface area (Å²) in [7, 11) is 0. The molecule has 15 rings (SSSR count). The lowest BCUT2D eigenvalue weighted by molar-refractivity contribution is 0.893. The molecule has 10 aromatic carbocycles. The Balaban J connectivity index is 1.05. The van der Waals surface area contributed by atoms with Gasteiger partial charge in [0.05, 0.1) is 44.1 Å². The van der Waals surface area contributed by atoms with Crippen molar-refractivity contribution < 1.29 is 0 Å². The Morgan fingerprint density at radius 1 is 0.243 bits per heavy atom. The number of benzene rings is 10. The second-order valence-corrected chi connectivity index (χ2v) is 18.0. The van der Waals surface area contributed by atoms with Gasteiger partial charge in [0.1, 0.15) is 0 Å².